The second-order valence-electron chi connectivity index (χ2n) is 5.20. The highest BCUT2D eigenvalue weighted by Crippen LogP contribution is 2.26. The third kappa shape index (κ3) is 2.58. The van der Waals surface area contributed by atoms with Crippen molar-refractivity contribution in [1.82, 2.24) is 9.97 Å². The van der Waals surface area contributed by atoms with Crippen LogP contribution in [0.5, 0.6) is 0 Å². The summed E-state index contributed by atoms with van der Waals surface area (Å²) in [4.78, 5) is 9.41. The monoisotopic (exact) mass is 240 g/mol. The summed E-state index contributed by atoms with van der Waals surface area (Å²) in [5.74, 6) is 0.797. The summed E-state index contributed by atoms with van der Waals surface area (Å²) in [5, 5.41) is 0. The van der Waals surface area contributed by atoms with Crippen molar-refractivity contribution < 1.29 is 0 Å². The molecular formula is C16H20N2. The standard InChI is InChI=1S/C16H20N2/c1-11(2)14-10-17-16(15(18-14)12(3)4)13-8-6-5-7-9-13/h5-12H,1-4H3. The molecule has 0 saturated carbocycles. The van der Waals surface area contributed by atoms with Gasteiger partial charge in [-0.2, -0.15) is 0 Å². The molecule has 0 fully saturated rings. The third-order valence-electron chi connectivity index (χ3n) is 3.00. The number of nitrogens with zero attached hydrogens (tertiary/aromatic N) is 2. The maximum atomic E-state index is 4.79. The highest BCUT2D eigenvalue weighted by atomic mass is 14.8. The topological polar surface area (TPSA) is 25.8 Å². The lowest BCUT2D eigenvalue weighted by Crippen LogP contribution is -2.04. The molecule has 94 valence electrons. The molecule has 2 rings (SSSR count). The van der Waals surface area contributed by atoms with Crippen molar-refractivity contribution in [3.63, 3.8) is 0 Å². The Balaban J connectivity index is 2.54. The lowest BCUT2D eigenvalue weighted by atomic mass is 10.0. The number of benzene rings is 1. The SMILES string of the molecule is CC(C)c1cnc(-c2ccccc2)c(C(C)C)n1. The molecule has 2 heteroatoms. The Kier molecular flexibility index (Phi) is 3.75. The molecule has 0 aliphatic heterocycles. The normalized spacial score (nSPS) is 11.2. The summed E-state index contributed by atoms with van der Waals surface area (Å²) in [7, 11) is 0. The van der Waals surface area contributed by atoms with E-state index in [4.69, 9.17) is 4.98 Å². The van der Waals surface area contributed by atoms with Gasteiger partial charge in [-0.3, -0.25) is 9.97 Å². The molecule has 0 radical (unpaired) electrons. The lowest BCUT2D eigenvalue weighted by Gasteiger charge is -2.14. The van der Waals surface area contributed by atoms with Crippen molar-refractivity contribution in [2.45, 2.75) is 39.5 Å². The molecule has 0 saturated heterocycles. The molecule has 0 aliphatic rings. The van der Waals surface area contributed by atoms with Gasteiger partial charge in [0.05, 0.1) is 17.1 Å². The first kappa shape index (κ1) is 12.7. The van der Waals surface area contributed by atoms with Crippen LogP contribution in [0.4, 0.5) is 0 Å². The number of hydrogen-bond donors (Lipinski definition) is 0. The van der Waals surface area contributed by atoms with Crippen molar-refractivity contribution in [2.75, 3.05) is 0 Å². The van der Waals surface area contributed by atoms with Gasteiger partial charge in [0, 0.05) is 11.8 Å². The minimum absolute atomic E-state index is 0.381. The van der Waals surface area contributed by atoms with E-state index in [0.717, 1.165) is 22.6 Å². The first-order chi connectivity index (χ1) is 8.59. The first-order valence-corrected chi connectivity index (χ1v) is 6.52. The van der Waals surface area contributed by atoms with Crippen LogP contribution in [-0.2, 0) is 0 Å². The molecule has 2 aromatic rings. The van der Waals surface area contributed by atoms with Crippen molar-refractivity contribution in [2.24, 2.45) is 0 Å². The van der Waals surface area contributed by atoms with Crippen molar-refractivity contribution in [3.05, 3.63) is 47.9 Å². The highest BCUT2D eigenvalue weighted by molar-refractivity contribution is 5.62. The minimum atomic E-state index is 0.381. The Morgan fingerprint density at radius 2 is 1.56 bits per heavy atom. The van der Waals surface area contributed by atoms with E-state index in [0.29, 0.717) is 11.8 Å². The predicted octanol–water partition coefficient (Wildman–Crippen LogP) is 4.39. The maximum absolute atomic E-state index is 4.79. The van der Waals surface area contributed by atoms with Gasteiger partial charge in [-0.15, -0.1) is 0 Å². The average molecular weight is 240 g/mol. The smallest absolute Gasteiger partial charge is 0.0920 e. The van der Waals surface area contributed by atoms with Crippen LogP contribution < -0.4 is 0 Å². The zero-order valence-corrected chi connectivity index (χ0v) is 11.5. The summed E-state index contributed by atoms with van der Waals surface area (Å²) in [6.45, 7) is 8.63. The molecule has 0 atom stereocenters. The van der Waals surface area contributed by atoms with Crippen LogP contribution >= 0.6 is 0 Å². The van der Waals surface area contributed by atoms with E-state index in [9.17, 15) is 0 Å². The Morgan fingerprint density at radius 3 is 2.11 bits per heavy atom. The van der Waals surface area contributed by atoms with Crippen LogP contribution in [0.1, 0.15) is 50.9 Å². The fourth-order valence-corrected chi connectivity index (χ4v) is 1.92. The molecule has 0 bridgehead atoms. The van der Waals surface area contributed by atoms with E-state index in [1.807, 2.05) is 24.4 Å². The van der Waals surface area contributed by atoms with Gasteiger partial charge in [-0.1, -0.05) is 58.0 Å². The van der Waals surface area contributed by atoms with Gasteiger partial charge in [0.15, 0.2) is 0 Å². The molecule has 1 aromatic heterocycles. The Morgan fingerprint density at radius 1 is 0.889 bits per heavy atom. The minimum Gasteiger partial charge on any atom is -0.253 e. The van der Waals surface area contributed by atoms with Crippen LogP contribution in [0.15, 0.2) is 36.5 Å². The van der Waals surface area contributed by atoms with Crippen LogP contribution in [0.3, 0.4) is 0 Å². The van der Waals surface area contributed by atoms with Crippen LogP contribution in [-0.4, -0.2) is 9.97 Å². The molecular weight excluding hydrogens is 220 g/mol. The number of rotatable bonds is 3. The van der Waals surface area contributed by atoms with Gasteiger partial charge >= 0.3 is 0 Å². The fourth-order valence-electron chi connectivity index (χ4n) is 1.92. The van der Waals surface area contributed by atoms with E-state index < -0.39 is 0 Å². The molecule has 1 aromatic carbocycles. The molecule has 2 nitrogen and oxygen atoms in total. The highest BCUT2D eigenvalue weighted by Gasteiger charge is 2.14. The maximum Gasteiger partial charge on any atom is 0.0920 e. The van der Waals surface area contributed by atoms with Gasteiger partial charge < -0.3 is 0 Å². The van der Waals surface area contributed by atoms with Gasteiger partial charge in [-0.25, -0.2) is 0 Å². The van der Waals surface area contributed by atoms with E-state index in [-0.39, 0.29) is 0 Å². The molecule has 0 spiro atoms. The van der Waals surface area contributed by atoms with E-state index >= 15 is 0 Å². The Bertz CT molecular complexity index is 516. The summed E-state index contributed by atoms with van der Waals surface area (Å²) < 4.78 is 0. The lowest BCUT2D eigenvalue weighted by molar-refractivity contribution is 0.754. The second-order valence-corrected chi connectivity index (χ2v) is 5.20. The number of hydrogen-bond acceptors (Lipinski definition) is 2. The van der Waals surface area contributed by atoms with Crippen molar-refractivity contribution >= 4 is 0 Å². The quantitative estimate of drug-likeness (QED) is 0.795. The Labute approximate surface area is 109 Å². The van der Waals surface area contributed by atoms with E-state index in [2.05, 4.69) is 44.8 Å². The Hall–Kier alpha value is -1.70. The van der Waals surface area contributed by atoms with Crippen LogP contribution in [0.2, 0.25) is 0 Å². The zero-order chi connectivity index (χ0) is 13.1. The molecule has 1 heterocycles. The van der Waals surface area contributed by atoms with Crippen molar-refractivity contribution in [3.8, 4) is 11.3 Å². The summed E-state index contributed by atoms with van der Waals surface area (Å²) in [6, 6.07) is 10.3. The van der Waals surface area contributed by atoms with E-state index in [1.54, 1.807) is 0 Å². The van der Waals surface area contributed by atoms with Crippen LogP contribution in [0, 0.1) is 0 Å². The van der Waals surface area contributed by atoms with Crippen molar-refractivity contribution in [1.29, 1.82) is 0 Å². The second kappa shape index (κ2) is 5.30. The zero-order valence-electron chi connectivity index (χ0n) is 11.5. The van der Waals surface area contributed by atoms with Crippen LogP contribution in [0.25, 0.3) is 11.3 Å². The molecule has 0 amide bonds. The molecule has 0 unspecified atom stereocenters. The summed E-state index contributed by atoms with van der Waals surface area (Å²) >= 11 is 0. The summed E-state index contributed by atoms with van der Waals surface area (Å²) in [6.07, 6.45) is 1.90. The van der Waals surface area contributed by atoms with Gasteiger partial charge in [0.25, 0.3) is 0 Å². The summed E-state index contributed by atoms with van der Waals surface area (Å²) in [5.41, 5.74) is 4.31. The average Bonchev–Trinajstić information content (AvgIpc) is 2.39. The number of aromatic nitrogens is 2. The van der Waals surface area contributed by atoms with Gasteiger partial charge in [0.1, 0.15) is 0 Å². The molecule has 0 N–H and O–H groups in total. The largest absolute Gasteiger partial charge is 0.253 e. The first-order valence-electron chi connectivity index (χ1n) is 6.52. The predicted molar refractivity (Wildman–Crippen MR) is 75.6 cm³/mol. The third-order valence-corrected chi connectivity index (χ3v) is 3.00. The van der Waals surface area contributed by atoms with Gasteiger partial charge in [0.2, 0.25) is 0 Å². The fraction of sp³-hybridized carbons (Fsp3) is 0.375. The molecule has 0 aliphatic carbocycles. The van der Waals surface area contributed by atoms with E-state index in [1.165, 1.54) is 0 Å². The van der Waals surface area contributed by atoms with Gasteiger partial charge in [-0.05, 0) is 11.8 Å². The molecule has 18 heavy (non-hydrogen) atoms.